The predicted octanol–water partition coefficient (Wildman–Crippen LogP) is 4.58. The van der Waals surface area contributed by atoms with Gasteiger partial charge < -0.3 is 4.74 Å². The highest BCUT2D eigenvalue weighted by Gasteiger charge is 2.04. The van der Waals surface area contributed by atoms with Crippen molar-refractivity contribution in [1.82, 2.24) is 9.97 Å². The van der Waals surface area contributed by atoms with Gasteiger partial charge in [0, 0.05) is 22.9 Å². The molecular weight excluding hydrogens is 364 g/mol. The van der Waals surface area contributed by atoms with Crippen LogP contribution in [0.2, 0.25) is 0 Å². The number of carbonyl (C=O) groups excluding carboxylic acids is 2. The van der Waals surface area contributed by atoms with Gasteiger partial charge in [-0.1, -0.05) is 48.5 Å². The van der Waals surface area contributed by atoms with Gasteiger partial charge in [0.1, 0.15) is 0 Å². The van der Waals surface area contributed by atoms with Gasteiger partial charge in [-0.05, 0) is 36.4 Å². The third kappa shape index (κ3) is 4.59. The van der Waals surface area contributed by atoms with E-state index in [9.17, 15) is 9.59 Å². The van der Waals surface area contributed by atoms with Crippen LogP contribution in [-0.2, 0) is 14.3 Å². The lowest BCUT2D eigenvalue weighted by atomic mass is 10.2. The van der Waals surface area contributed by atoms with Crippen molar-refractivity contribution in [2.75, 3.05) is 0 Å². The van der Waals surface area contributed by atoms with Crippen molar-refractivity contribution in [3.63, 3.8) is 0 Å². The standard InChI is InChI=1S/C24H16N2O3/c27-23(15-13-19-11-9-17-5-1-3-7-21(17)25-19)29-24(28)16-14-20-12-10-18-6-2-4-8-22(18)26-20/h1-16H/b15-13+,16-14+. The fourth-order valence-electron chi connectivity index (χ4n) is 2.82. The number of nitrogens with zero attached hydrogens (tertiary/aromatic N) is 2. The van der Waals surface area contributed by atoms with Gasteiger partial charge in [-0.3, -0.25) is 0 Å². The van der Waals surface area contributed by atoms with E-state index in [0.717, 1.165) is 21.8 Å². The molecule has 5 nitrogen and oxygen atoms in total. The van der Waals surface area contributed by atoms with E-state index in [2.05, 4.69) is 9.97 Å². The summed E-state index contributed by atoms with van der Waals surface area (Å²) in [5.74, 6) is -1.53. The molecule has 0 saturated heterocycles. The van der Waals surface area contributed by atoms with E-state index in [1.807, 2.05) is 60.7 Å². The molecule has 0 radical (unpaired) electrons. The second-order valence-electron chi connectivity index (χ2n) is 6.26. The molecule has 0 N–H and O–H groups in total. The lowest BCUT2D eigenvalue weighted by Gasteiger charge is -1.99. The van der Waals surface area contributed by atoms with Gasteiger partial charge in [-0.2, -0.15) is 0 Å². The third-order valence-electron chi connectivity index (χ3n) is 4.22. The van der Waals surface area contributed by atoms with E-state index in [1.54, 1.807) is 12.1 Å². The summed E-state index contributed by atoms with van der Waals surface area (Å²) in [6, 6.07) is 22.8. The molecule has 0 bridgehead atoms. The quantitative estimate of drug-likeness (QED) is 0.294. The van der Waals surface area contributed by atoms with Crippen molar-refractivity contribution in [2.24, 2.45) is 0 Å². The van der Waals surface area contributed by atoms with Crippen LogP contribution >= 0.6 is 0 Å². The van der Waals surface area contributed by atoms with E-state index in [4.69, 9.17) is 4.74 Å². The number of pyridine rings is 2. The molecule has 4 rings (SSSR count). The van der Waals surface area contributed by atoms with Gasteiger partial charge >= 0.3 is 11.9 Å². The molecule has 0 aliphatic carbocycles. The summed E-state index contributed by atoms with van der Waals surface area (Å²) >= 11 is 0. The molecule has 2 aromatic carbocycles. The molecule has 0 spiro atoms. The Hall–Kier alpha value is -4.12. The second kappa shape index (κ2) is 8.27. The van der Waals surface area contributed by atoms with E-state index in [0.29, 0.717) is 11.4 Å². The summed E-state index contributed by atoms with van der Waals surface area (Å²) in [5.41, 5.74) is 2.85. The number of hydrogen-bond acceptors (Lipinski definition) is 5. The van der Waals surface area contributed by atoms with Crippen molar-refractivity contribution in [3.05, 3.63) is 96.3 Å². The number of para-hydroxylation sites is 2. The Morgan fingerprint density at radius 3 is 1.55 bits per heavy atom. The molecule has 0 unspecified atom stereocenters. The molecule has 0 atom stereocenters. The van der Waals surface area contributed by atoms with Crippen molar-refractivity contribution in [3.8, 4) is 0 Å². The smallest absolute Gasteiger partial charge is 0.338 e. The van der Waals surface area contributed by atoms with Crippen LogP contribution in [0.3, 0.4) is 0 Å². The first kappa shape index (κ1) is 18.3. The zero-order chi connectivity index (χ0) is 20.1. The molecule has 5 heteroatoms. The molecule has 0 aliphatic rings. The molecule has 29 heavy (non-hydrogen) atoms. The van der Waals surface area contributed by atoms with Crippen LogP contribution in [-0.4, -0.2) is 21.9 Å². The third-order valence-corrected chi connectivity index (χ3v) is 4.22. The van der Waals surface area contributed by atoms with Crippen molar-refractivity contribution < 1.29 is 14.3 Å². The first-order valence-corrected chi connectivity index (χ1v) is 9.01. The molecule has 2 aromatic heterocycles. The van der Waals surface area contributed by atoms with Crippen molar-refractivity contribution >= 4 is 45.9 Å². The second-order valence-corrected chi connectivity index (χ2v) is 6.26. The summed E-state index contributed by atoms with van der Waals surface area (Å²) < 4.78 is 4.76. The zero-order valence-electron chi connectivity index (χ0n) is 15.4. The molecular formula is C24H16N2O3. The fourth-order valence-corrected chi connectivity index (χ4v) is 2.82. The number of carbonyl (C=O) groups is 2. The number of esters is 2. The topological polar surface area (TPSA) is 69.2 Å². The number of rotatable bonds is 4. The molecule has 0 aliphatic heterocycles. The van der Waals surface area contributed by atoms with E-state index in [-0.39, 0.29) is 0 Å². The normalized spacial score (nSPS) is 11.4. The highest BCUT2D eigenvalue weighted by atomic mass is 16.6. The Labute approximate surface area is 167 Å². The maximum atomic E-state index is 11.9. The van der Waals surface area contributed by atoms with Gasteiger partial charge in [0.15, 0.2) is 0 Å². The van der Waals surface area contributed by atoms with Crippen molar-refractivity contribution in [1.29, 1.82) is 0 Å². The van der Waals surface area contributed by atoms with Crippen LogP contribution < -0.4 is 0 Å². The van der Waals surface area contributed by atoms with Gasteiger partial charge in [0.2, 0.25) is 0 Å². The molecule has 0 amide bonds. The van der Waals surface area contributed by atoms with Crippen LogP contribution in [0.5, 0.6) is 0 Å². The largest absolute Gasteiger partial charge is 0.387 e. The van der Waals surface area contributed by atoms with Crippen molar-refractivity contribution in [2.45, 2.75) is 0 Å². The van der Waals surface area contributed by atoms with Gasteiger partial charge in [-0.15, -0.1) is 0 Å². The Balaban J connectivity index is 1.38. The van der Waals surface area contributed by atoms with Gasteiger partial charge in [0.25, 0.3) is 0 Å². The fraction of sp³-hybridized carbons (Fsp3) is 0. The Morgan fingerprint density at radius 1 is 0.621 bits per heavy atom. The summed E-state index contributed by atoms with van der Waals surface area (Å²) in [7, 11) is 0. The first-order chi connectivity index (χ1) is 14.2. The van der Waals surface area contributed by atoms with Crippen LogP contribution in [0, 0.1) is 0 Å². The molecule has 2 heterocycles. The Kier molecular flexibility index (Phi) is 5.21. The Morgan fingerprint density at radius 2 is 1.07 bits per heavy atom. The van der Waals surface area contributed by atoms with Gasteiger partial charge in [0.05, 0.1) is 22.4 Å². The number of hydrogen-bond donors (Lipinski definition) is 0. The van der Waals surface area contributed by atoms with Crippen LogP contribution in [0.4, 0.5) is 0 Å². The zero-order valence-corrected chi connectivity index (χ0v) is 15.4. The minimum absolute atomic E-state index is 0.601. The summed E-state index contributed by atoms with van der Waals surface area (Å²) in [6.45, 7) is 0. The minimum Gasteiger partial charge on any atom is -0.387 e. The highest BCUT2D eigenvalue weighted by Crippen LogP contribution is 2.13. The summed E-state index contributed by atoms with van der Waals surface area (Å²) in [5, 5.41) is 2.02. The van der Waals surface area contributed by atoms with Crippen LogP contribution in [0.1, 0.15) is 11.4 Å². The van der Waals surface area contributed by atoms with Crippen LogP contribution in [0.25, 0.3) is 34.0 Å². The molecule has 4 aromatic rings. The SMILES string of the molecule is O=C(/C=C/c1ccc2ccccc2n1)OC(=O)/C=C/c1ccc2ccccc2n1. The number of benzene rings is 2. The highest BCUT2D eigenvalue weighted by molar-refractivity contribution is 6.00. The monoisotopic (exact) mass is 380 g/mol. The van der Waals surface area contributed by atoms with E-state index in [1.165, 1.54) is 24.3 Å². The summed E-state index contributed by atoms with van der Waals surface area (Å²) in [4.78, 5) is 32.6. The van der Waals surface area contributed by atoms with Crippen LogP contribution in [0.15, 0.2) is 84.9 Å². The minimum atomic E-state index is -0.763. The summed E-state index contributed by atoms with van der Waals surface area (Å²) in [6.07, 6.45) is 5.38. The molecule has 140 valence electrons. The number of fused-ring (bicyclic) bond motifs is 2. The Bertz CT molecular complexity index is 1180. The molecule has 0 fully saturated rings. The predicted molar refractivity (Wildman–Crippen MR) is 113 cm³/mol. The lowest BCUT2D eigenvalue weighted by Crippen LogP contribution is -2.07. The molecule has 0 saturated carbocycles. The number of ether oxygens (including phenoxy) is 1. The maximum absolute atomic E-state index is 11.9. The average Bonchev–Trinajstić information content (AvgIpc) is 2.76. The maximum Gasteiger partial charge on any atom is 0.338 e. The van der Waals surface area contributed by atoms with E-state index < -0.39 is 11.9 Å². The number of aromatic nitrogens is 2. The first-order valence-electron chi connectivity index (χ1n) is 9.01. The van der Waals surface area contributed by atoms with E-state index >= 15 is 0 Å². The van der Waals surface area contributed by atoms with Gasteiger partial charge in [-0.25, -0.2) is 19.6 Å². The average molecular weight is 380 g/mol. The lowest BCUT2D eigenvalue weighted by molar-refractivity contribution is -0.152.